The molecule has 1 aliphatic carbocycles. The fraction of sp³-hybridized carbons (Fsp3) is 0.786. The Labute approximate surface area is 124 Å². The summed E-state index contributed by atoms with van der Waals surface area (Å²) in [5.41, 5.74) is 0. The van der Waals surface area contributed by atoms with Crippen LogP contribution in [0.3, 0.4) is 0 Å². The van der Waals surface area contributed by atoms with E-state index in [0.717, 1.165) is 38.9 Å². The molecular weight excluding hydrogens is 270 g/mol. The van der Waals surface area contributed by atoms with Crippen molar-refractivity contribution >= 4 is 11.9 Å². The van der Waals surface area contributed by atoms with Gasteiger partial charge in [-0.1, -0.05) is 6.92 Å². The fourth-order valence-corrected chi connectivity index (χ4v) is 3.29. The molecule has 3 rings (SSSR count). The van der Waals surface area contributed by atoms with E-state index in [-0.39, 0.29) is 6.10 Å². The monoisotopic (exact) mass is 293 g/mol. The van der Waals surface area contributed by atoms with Gasteiger partial charge in [0.05, 0.1) is 13.2 Å². The van der Waals surface area contributed by atoms with Gasteiger partial charge >= 0.3 is 6.01 Å². The zero-order chi connectivity index (χ0) is 14.8. The third-order valence-electron chi connectivity index (χ3n) is 4.42. The number of nitrogens with zero attached hydrogens (tertiary/aromatic N) is 4. The Balaban J connectivity index is 1.78. The van der Waals surface area contributed by atoms with Gasteiger partial charge in [0.1, 0.15) is 0 Å². The van der Waals surface area contributed by atoms with E-state index in [1.54, 1.807) is 7.11 Å². The van der Waals surface area contributed by atoms with Gasteiger partial charge in [0, 0.05) is 25.6 Å². The first-order chi connectivity index (χ1) is 10.2. The maximum atomic E-state index is 10.0. The molecule has 2 N–H and O–H groups in total. The van der Waals surface area contributed by atoms with Crippen molar-refractivity contribution in [3.63, 3.8) is 0 Å². The maximum absolute atomic E-state index is 10.0. The van der Waals surface area contributed by atoms with Crippen LogP contribution in [-0.2, 0) is 0 Å². The Morgan fingerprint density at radius 1 is 1.29 bits per heavy atom. The number of nitrogens with one attached hydrogen (secondary N) is 1. The summed E-state index contributed by atoms with van der Waals surface area (Å²) in [7, 11) is 1.56. The predicted molar refractivity (Wildman–Crippen MR) is 79.6 cm³/mol. The lowest BCUT2D eigenvalue weighted by Crippen LogP contribution is -2.26. The molecule has 1 aliphatic heterocycles. The van der Waals surface area contributed by atoms with Crippen molar-refractivity contribution in [3.05, 3.63) is 0 Å². The number of hydrogen-bond acceptors (Lipinski definition) is 7. The molecule has 0 amide bonds. The molecule has 0 aromatic carbocycles. The molecule has 1 aromatic rings. The fourth-order valence-electron chi connectivity index (χ4n) is 3.29. The van der Waals surface area contributed by atoms with Gasteiger partial charge < -0.3 is 20.1 Å². The SMILES string of the molecule is CCCNc1nc(OC)nc(N2CC3CCC(O)C3C2)n1. The minimum absolute atomic E-state index is 0.179. The molecule has 0 bridgehead atoms. The molecule has 1 saturated heterocycles. The number of aliphatic hydroxyl groups excluding tert-OH is 1. The van der Waals surface area contributed by atoms with Crippen molar-refractivity contribution in [1.29, 1.82) is 0 Å². The molecule has 21 heavy (non-hydrogen) atoms. The van der Waals surface area contributed by atoms with Crippen LogP contribution >= 0.6 is 0 Å². The van der Waals surface area contributed by atoms with Crippen molar-refractivity contribution in [1.82, 2.24) is 15.0 Å². The molecular formula is C14H23N5O2. The summed E-state index contributed by atoms with van der Waals surface area (Å²) in [6.45, 7) is 4.63. The van der Waals surface area contributed by atoms with E-state index in [1.165, 1.54) is 0 Å². The van der Waals surface area contributed by atoms with E-state index in [9.17, 15) is 5.11 Å². The second kappa shape index (κ2) is 6.01. The molecule has 3 atom stereocenters. The second-order valence-corrected chi connectivity index (χ2v) is 5.85. The molecule has 1 saturated carbocycles. The van der Waals surface area contributed by atoms with Crippen molar-refractivity contribution in [2.24, 2.45) is 11.8 Å². The summed E-state index contributed by atoms with van der Waals surface area (Å²) >= 11 is 0. The average molecular weight is 293 g/mol. The Bertz CT molecular complexity index is 498. The summed E-state index contributed by atoms with van der Waals surface area (Å²) < 4.78 is 5.17. The summed E-state index contributed by atoms with van der Waals surface area (Å²) in [4.78, 5) is 15.2. The molecule has 0 radical (unpaired) electrons. The molecule has 1 aromatic heterocycles. The van der Waals surface area contributed by atoms with Crippen LogP contribution in [0.25, 0.3) is 0 Å². The molecule has 3 unspecified atom stereocenters. The van der Waals surface area contributed by atoms with Gasteiger partial charge in [-0.15, -0.1) is 0 Å². The van der Waals surface area contributed by atoms with Crippen LogP contribution in [-0.4, -0.2) is 52.9 Å². The van der Waals surface area contributed by atoms with Gasteiger partial charge in [0.15, 0.2) is 0 Å². The molecule has 7 heteroatoms. The van der Waals surface area contributed by atoms with Gasteiger partial charge in [-0.25, -0.2) is 0 Å². The lowest BCUT2D eigenvalue weighted by atomic mass is 10.00. The first-order valence-electron chi connectivity index (χ1n) is 7.68. The van der Waals surface area contributed by atoms with E-state index >= 15 is 0 Å². The number of aliphatic hydroxyl groups is 1. The Kier molecular flexibility index (Phi) is 4.10. The average Bonchev–Trinajstić information content (AvgIpc) is 3.07. The van der Waals surface area contributed by atoms with E-state index < -0.39 is 0 Å². The molecule has 2 heterocycles. The third kappa shape index (κ3) is 2.88. The number of hydrogen-bond donors (Lipinski definition) is 2. The molecule has 116 valence electrons. The van der Waals surface area contributed by atoms with Crippen molar-refractivity contribution in [3.8, 4) is 6.01 Å². The van der Waals surface area contributed by atoms with Crippen LogP contribution in [0.2, 0.25) is 0 Å². The predicted octanol–water partition coefficient (Wildman–Crippen LogP) is 0.909. The van der Waals surface area contributed by atoms with Crippen LogP contribution in [0.15, 0.2) is 0 Å². The maximum Gasteiger partial charge on any atom is 0.322 e. The standard InChI is InChI=1S/C14H23N5O2/c1-3-6-15-12-16-13(18-14(17-12)21-2)19-7-9-4-5-11(20)10(9)8-19/h9-11,20H,3-8H2,1-2H3,(H,15,16,17,18). The first kappa shape index (κ1) is 14.3. The van der Waals surface area contributed by atoms with Gasteiger partial charge in [-0.3, -0.25) is 0 Å². The molecule has 2 aliphatic rings. The number of methoxy groups -OCH3 is 1. The van der Waals surface area contributed by atoms with E-state index in [1.807, 2.05) is 0 Å². The number of aromatic nitrogens is 3. The number of fused-ring (bicyclic) bond motifs is 1. The summed E-state index contributed by atoms with van der Waals surface area (Å²) in [5, 5.41) is 13.2. The second-order valence-electron chi connectivity index (χ2n) is 5.85. The van der Waals surface area contributed by atoms with Crippen molar-refractivity contribution in [2.45, 2.75) is 32.3 Å². The smallest absolute Gasteiger partial charge is 0.322 e. The quantitative estimate of drug-likeness (QED) is 0.834. The summed E-state index contributed by atoms with van der Waals surface area (Å²) in [6.07, 6.45) is 2.84. The van der Waals surface area contributed by atoms with Crippen LogP contribution in [0.5, 0.6) is 6.01 Å². The highest BCUT2D eigenvalue weighted by Crippen LogP contribution is 2.39. The zero-order valence-corrected chi connectivity index (χ0v) is 12.6. The Hall–Kier alpha value is -1.63. The number of anilines is 2. The molecule has 2 fully saturated rings. The Morgan fingerprint density at radius 2 is 2.14 bits per heavy atom. The highest BCUT2D eigenvalue weighted by molar-refractivity contribution is 5.40. The summed E-state index contributed by atoms with van der Waals surface area (Å²) in [6, 6.07) is 0.330. The van der Waals surface area contributed by atoms with Gasteiger partial charge in [0.2, 0.25) is 11.9 Å². The van der Waals surface area contributed by atoms with Crippen molar-refractivity contribution in [2.75, 3.05) is 37.0 Å². The van der Waals surface area contributed by atoms with E-state index in [4.69, 9.17) is 4.74 Å². The minimum atomic E-state index is -0.179. The third-order valence-corrected chi connectivity index (χ3v) is 4.42. The first-order valence-corrected chi connectivity index (χ1v) is 7.68. The van der Waals surface area contributed by atoms with Gasteiger partial charge in [0.25, 0.3) is 0 Å². The number of rotatable bonds is 5. The normalized spacial score (nSPS) is 27.8. The van der Waals surface area contributed by atoms with Crippen LogP contribution < -0.4 is 15.0 Å². The highest BCUT2D eigenvalue weighted by Gasteiger charge is 2.42. The Morgan fingerprint density at radius 3 is 2.86 bits per heavy atom. The molecule has 7 nitrogen and oxygen atoms in total. The van der Waals surface area contributed by atoms with E-state index in [2.05, 4.69) is 32.1 Å². The van der Waals surface area contributed by atoms with Crippen LogP contribution in [0.4, 0.5) is 11.9 Å². The largest absolute Gasteiger partial charge is 0.467 e. The highest BCUT2D eigenvalue weighted by atomic mass is 16.5. The lowest BCUT2D eigenvalue weighted by Gasteiger charge is -2.19. The topological polar surface area (TPSA) is 83.4 Å². The minimum Gasteiger partial charge on any atom is -0.467 e. The zero-order valence-electron chi connectivity index (χ0n) is 12.6. The van der Waals surface area contributed by atoms with Gasteiger partial charge in [-0.05, 0) is 25.2 Å². The van der Waals surface area contributed by atoms with Crippen molar-refractivity contribution < 1.29 is 9.84 Å². The van der Waals surface area contributed by atoms with E-state index in [0.29, 0.717) is 29.7 Å². The van der Waals surface area contributed by atoms with Crippen LogP contribution in [0, 0.1) is 11.8 Å². The van der Waals surface area contributed by atoms with Crippen LogP contribution in [0.1, 0.15) is 26.2 Å². The summed E-state index contributed by atoms with van der Waals surface area (Å²) in [5.74, 6) is 2.09. The lowest BCUT2D eigenvalue weighted by molar-refractivity contribution is 0.133. The number of ether oxygens (including phenoxy) is 1. The molecule has 0 spiro atoms. The van der Waals surface area contributed by atoms with Gasteiger partial charge in [-0.2, -0.15) is 15.0 Å².